The van der Waals surface area contributed by atoms with Gasteiger partial charge in [-0.1, -0.05) is 37.5 Å². The van der Waals surface area contributed by atoms with Gasteiger partial charge in [-0.15, -0.1) is 0 Å². The maximum Gasteiger partial charge on any atom is 0.115 e. The van der Waals surface area contributed by atoms with E-state index in [0.29, 0.717) is 11.8 Å². The van der Waals surface area contributed by atoms with Crippen LogP contribution < -0.4 is 4.90 Å². The lowest BCUT2D eigenvalue weighted by Gasteiger charge is -2.36. The van der Waals surface area contributed by atoms with Crippen molar-refractivity contribution < 1.29 is 5.11 Å². The molecule has 0 aliphatic heterocycles. The van der Waals surface area contributed by atoms with Crippen molar-refractivity contribution in [1.29, 1.82) is 0 Å². The fraction of sp³-hybridized carbons (Fsp3) is 0.333. The van der Waals surface area contributed by atoms with Crippen LogP contribution in [0.25, 0.3) is 0 Å². The fourth-order valence-corrected chi connectivity index (χ4v) is 3.11. The van der Waals surface area contributed by atoms with Crippen molar-refractivity contribution in [1.82, 2.24) is 0 Å². The van der Waals surface area contributed by atoms with Crippen molar-refractivity contribution in [3.8, 4) is 5.75 Å². The number of nitrogens with zero attached hydrogens (tertiary/aromatic N) is 1. The summed E-state index contributed by atoms with van der Waals surface area (Å²) in [5, 5.41) is 9.50. The SMILES string of the molecule is Oc1ccc(N(c2ccccc2)C2CCCCC2)cc1. The van der Waals surface area contributed by atoms with Crippen LogP contribution in [0.1, 0.15) is 32.1 Å². The molecule has 0 radical (unpaired) electrons. The maximum atomic E-state index is 9.50. The van der Waals surface area contributed by atoms with Gasteiger partial charge in [0.15, 0.2) is 0 Å². The van der Waals surface area contributed by atoms with Crippen LogP contribution in [-0.4, -0.2) is 11.1 Å². The predicted molar refractivity (Wildman–Crippen MR) is 83.6 cm³/mol. The first-order valence-electron chi connectivity index (χ1n) is 7.48. The van der Waals surface area contributed by atoms with Crippen LogP contribution in [0.3, 0.4) is 0 Å². The van der Waals surface area contributed by atoms with Gasteiger partial charge in [-0.3, -0.25) is 0 Å². The number of hydrogen-bond donors (Lipinski definition) is 1. The van der Waals surface area contributed by atoms with Crippen LogP contribution in [0.2, 0.25) is 0 Å². The van der Waals surface area contributed by atoms with E-state index in [1.54, 1.807) is 12.1 Å². The molecule has 1 aliphatic carbocycles. The van der Waals surface area contributed by atoms with E-state index >= 15 is 0 Å². The largest absolute Gasteiger partial charge is 0.508 e. The molecule has 0 aromatic heterocycles. The molecule has 0 atom stereocenters. The van der Waals surface area contributed by atoms with Crippen LogP contribution in [0.5, 0.6) is 5.75 Å². The van der Waals surface area contributed by atoms with Gasteiger partial charge in [-0.05, 0) is 49.2 Å². The second-order valence-electron chi connectivity index (χ2n) is 5.51. The number of phenols is 1. The molecule has 0 saturated heterocycles. The van der Waals surface area contributed by atoms with Crippen molar-refractivity contribution in [3.05, 3.63) is 54.6 Å². The summed E-state index contributed by atoms with van der Waals surface area (Å²) in [6.45, 7) is 0. The number of hydrogen-bond acceptors (Lipinski definition) is 2. The van der Waals surface area contributed by atoms with E-state index < -0.39 is 0 Å². The van der Waals surface area contributed by atoms with E-state index in [0.717, 1.165) is 0 Å². The number of anilines is 2. The van der Waals surface area contributed by atoms with Crippen LogP contribution in [0.15, 0.2) is 54.6 Å². The molecule has 0 heterocycles. The monoisotopic (exact) mass is 267 g/mol. The van der Waals surface area contributed by atoms with Gasteiger partial charge in [0.05, 0.1) is 0 Å². The summed E-state index contributed by atoms with van der Waals surface area (Å²) in [6, 6.07) is 18.7. The molecule has 0 spiro atoms. The normalized spacial score (nSPS) is 16.0. The highest BCUT2D eigenvalue weighted by Gasteiger charge is 2.22. The molecule has 1 saturated carbocycles. The minimum Gasteiger partial charge on any atom is -0.508 e. The Morgan fingerprint density at radius 1 is 0.750 bits per heavy atom. The highest BCUT2D eigenvalue weighted by atomic mass is 16.3. The first kappa shape index (κ1) is 13.0. The van der Waals surface area contributed by atoms with Gasteiger partial charge in [-0.25, -0.2) is 0 Å². The van der Waals surface area contributed by atoms with Gasteiger partial charge in [0.1, 0.15) is 5.75 Å². The first-order valence-corrected chi connectivity index (χ1v) is 7.48. The third-order valence-electron chi connectivity index (χ3n) is 4.10. The summed E-state index contributed by atoms with van der Waals surface area (Å²) in [6.07, 6.45) is 6.47. The molecule has 2 nitrogen and oxygen atoms in total. The molecular formula is C18H21NO. The lowest BCUT2D eigenvalue weighted by Crippen LogP contribution is -2.32. The van der Waals surface area contributed by atoms with E-state index in [-0.39, 0.29) is 0 Å². The van der Waals surface area contributed by atoms with Gasteiger partial charge in [0, 0.05) is 17.4 Å². The summed E-state index contributed by atoms with van der Waals surface area (Å²) in [4.78, 5) is 2.43. The summed E-state index contributed by atoms with van der Waals surface area (Å²) in [5.74, 6) is 0.324. The Labute approximate surface area is 120 Å². The van der Waals surface area contributed by atoms with Crippen molar-refractivity contribution in [2.45, 2.75) is 38.1 Å². The molecule has 0 amide bonds. The topological polar surface area (TPSA) is 23.5 Å². The molecule has 0 bridgehead atoms. The highest BCUT2D eigenvalue weighted by molar-refractivity contribution is 5.64. The fourth-order valence-electron chi connectivity index (χ4n) is 3.11. The molecule has 20 heavy (non-hydrogen) atoms. The Kier molecular flexibility index (Phi) is 3.91. The average molecular weight is 267 g/mol. The summed E-state index contributed by atoms with van der Waals surface area (Å²) in [7, 11) is 0. The van der Waals surface area contributed by atoms with Crippen LogP contribution in [0, 0.1) is 0 Å². The number of aromatic hydroxyl groups is 1. The molecule has 1 aliphatic rings. The molecule has 0 unspecified atom stereocenters. The average Bonchev–Trinajstić information content (AvgIpc) is 2.52. The lowest BCUT2D eigenvalue weighted by atomic mass is 9.93. The van der Waals surface area contributed by atoms with Gasteiger partial charge in [0.25, 0.3) is 0 Å². The quantitative estimate of drug-likeness (QED) is 0.858. The van der Waals surface area contributed by atoms with Crippen molar-refractivity contribution >= 4 is 11.4 Å². The smallest absolute Gasteiger partial charge is 0.115 e. The van der Waals surface area contributed by atoms with Crippen LogP contribution in [0.4, 0.5) is 11.4 Å². The van der Waals surface area contributed by atoms with Crippen LogP contribution in [-0.2, 0) is 0 Å². The standard InChI is InChI=1S/C18H21NO/c20-18-13-11-17(12-14-18)19(15-7-3-1-4-8-15)16-9-5-2-6-10-16/h1,3-4,7-8,11-14,16,20H,2,5-6,9-10H2. The maximum absolute atomic E-state index is 9.50. The second-order valence-corrected chi connectivity index (χ2v) is 5.51. The van der Waals surface area contributed by atoms with E-state index in [9.17, 15) is 5.11 Å². The number of para-hydroxylation sites is 1. The number of phenolic OH excluding ortho intramolecular Hbond substituents is 1. The predicted octanol–water partition coefficient (Wildman–Crippen LogP) is 4.86. The lowest BCUT2D eigenvalue weighted by molar-refractivity contribution is 0.435. The van der Waals surface area contributed by atoms with Gasteiger partial charge in [-0.2, -0.15) is 0 Å². The summed E-state index contributed by atoms with van der Waals surface area (Å²) >= 11 is 0. The molecule has 3 rings (SSSR count). The highest BCUT2D eigenvalue weighted by Crippen LogP contribution is 2.34. The molecule has 104 valence electrons. The molecule has 2 heteroatoms. The zero-order valence-electron chi connectivity index (χ0n) is 11.7. The third kappa shape index (κ3) is 2.79. The van der Waals surface area contributed by atoms with Crippen molar-refractivity contribution in [2.24, 2.45) is 0 Å². The molecule has 2 aromatic rings. The first-order chi connectivity index (χ1) is 9.84. The second kappa shape index (κ2) is 6.00. The summed E-state index contributed by atoms with van der Waals surface area (Å²) < 4.78 is 0. The van der Waals surface area contributed by atoms with E-state index in [1.807, 2.05) is 12.1 Å². The van der Waals surface area contributed by atoms with E-state index in [4.69, 9.17) is 0 Å². The zero-order valence-corrected chi connectivity index (χ0v) is 11.7. The zero-order chi connectivity index (χ0) is 13.8. The molecule has 1 fully saturated rings. The Morgan fingerprint density at radius 2 is 1.35 bits per heavy atom. The Bertz CT molecular complexity index is 529. The Morgan fingerprint density at radius 3 is 2.00 bits per heavy atom. The summed E-state index contributed by atoms with van der Waals surface area (Å²) in [5.41, 5.74) is 2.41. The third-order valence-corrected chi connectivity index (χ3v) is 4.10. The van der Waals surface area contributed by atoms with E-state index in [2.05, 4.69) is 35.2 Å². The number of benzene rings is 2. The van der Waals surface area contributed by atoms with E-state index in [1.165, 1.54) is 43.5 Å². The Hall–Kier alpha value is -1.96. The molecular weight excluding hydrogens is 246 g/mol. The minimum absolute atomic E-state index is 0.324. The van der Waals surface area contributed by atoms with Gasteiger partial charge in [0.2, 0.25) is 0 Å². The van der Waals surface area contributed by atoms with Gasteiger partial charge >= 0.3 is 0 Å². The molecule has 1 N–H and O–H groups in total. The van der Waals surface area contributed by atoms with Gasteiger partial charge < -0.3 is 10.0 Å². The van der Waals surface area contributed by atoms with Crippen molar-refractivity contribution in [2.75, 3.05) is 4.90 Å². The molecule has 2 aromatic carbocycles. The van der Waals surface area contributed by atoms with Crippen LogP contribution >= 0.6 is 0 Å². The van der Waals surface area contributed by atoms with Crippen molar-refractivity contribution in [3.63, 3.8) is 0 Å². The number of rotatable bonds is 3. The Balaban J connectivity index is 1.96. The minimum atomic E-state index is 0.324.